The average molecular weight is 606 g/mol. The number of anilines is 1. The van der Waals surface area contributed by atoms with Crippen molar-refractivity contribution in [2.24, 2.45) is 0 Å². The smallest absolute Gasteiger partial charge is 0.319 e. The molecule has 224 valence electrons. The number of carbonyl (C=O) groups excluding carboxylic acids is 1. The van der Waals surface area contributed by atoms with Crippen LogP contribution in [0.3, 0.4) is 0 Å². The van der Waals surface area contributed by atoms with Crippen LogP contribution in [-0.4, -0.2) is 88.3 Å². The molecule has 2 aromatic heterocycles. The Bertz CT molecular complexity index is 1610. The zero-order valence-corrected chi connectivity index (χ0v) is 24.9. The molecular weight excluding hydrogens is 572 g/mol. The number of nitriles is 1. The van der Waals surface area contributed by atoms with E-state index in [0.29, 0.717) is 55.0 Å². The van der Waals surface area contributed by atoms with E-state index in [-0.39, 0.29) is 41.4 Å². The first-order chi connectivity index (χ1) is 20.9. The highest BCUT2D eigenvalue weighted by Crippen LogP contribution is 2.41. The highest BCUT2D eigenvalue weighted by Gasteiger charge is 2.32. The molecule has 12 heteroatoms. The number of likely N-dealkylation sites (tertiary alicyclic amines) is 1. The molecule has 0 aliphatic carbocycles. The van der Waals surface area contributed by atoms with Crippen molar-refractivity contribution in [3.05, 3.63) is 48.2 Å². The largest absolute Gasteiger partial charge is 0.462 e. The molecule has 3 aliphatic rings. The van der Waals surface area contributed by atoms with Crippen molar-refractivity contribution >= 4 is 34.4 Å². The summed E-state index contributed by atoms with van der Waals surface area (Å²) in [4.78, 5) is 32.8. The van der Waals surface area contributed by atoms with Gasteiger partial charge < -0.3 is 19.4 Å². The van der Waals surface area contributed by atoms with Gasteiger partial charge in [0.25, 0.3) is 0 Å². The van der Waals surface area contributed by atoms with Crippen molar-refractivity contribution in [2.45, 2.75) is 49.1 Å². The topological polar surface area (TPSA) is 98.5 Å². The monoisotopic (exact) mass is 605 g/mol. The number of hydrogen-bond acceptors (Lipinski definition) is 9. The Morgan fingerprint density at radius 1 is 1.23 bits per heavy atom. The van der Waals surface area contributed by atoms with Crippen LogP contribution in [0.2, 0.25) is 0 Å². The maximum atomic E-state index is 16.5. The number of hydrogen-bond donors (Lipinski definition) is 0. The number of piperazine rings is 1. The Morgan fingerprint density at radius 3 is 2.86 bits per heavy atom. The molecule has 0 spiro atoms. The van der Waals surface area contributed by atoms with Gasteiger partial charge in [-0.15, -0.1) is 11.8 Å². The van der Waals surface area contributed by atoms with E-state index in [0.717, 1.165) is 36.5 Å². The fraction of sp³-hybridized carbons (Fsp3) is 0.452. The lowest BCUT2D eigenvalue weighted by Crippen LogP contribution is -2.55. The number of benzene rings is 1. The van der Waals surface area contributed by atoms with Crippen LogP contribution in [0.25, 0.3) is 22.2 Å². The molecule has 2 saturated heterocycles. The van der Waals surface area contributed by atoms with Gasteiger partial charge in [-0.3, -0.25) is 9.78 Å². The number of thioether (sulfide) groups is 1. The van der Waals surface area contributed by atoms with Gasteiger partial charge in [-0.2, -0.15) is 15.2 Å². The first-order valence-electron chi connectivity index (χ1n) is 14.6. The van der Waals surface area contributed by atoms with Crippen LogP contribution < -0.4 is 9.64 Å². The van der Waals surface area contributed by atoms with Gasteiger partial charge >= 0.3 is 6.01 Å². The van der Waals surface area contributed by atoms with Crippen molar-refractivity contribution < 1.29 is 18.3 Å². The number of likely N-dealkylation sites (N-methyl/N-ethyl adjacent to an activating group) is 1. The van der Waals surface area contributed by atoms with Gasteiger partial charge in [-0.1, -0.05) is 6.58 Å². The predicted molar refractivity (Wildman–Crippen MR) is 161 cm³/mol. The third-order valence-corrected chi connectivity index (χ3v) is 9.81. The molecule has 0 radical (unpaired) electrons. The number of amides is 1. The van der Waals surface area contributed by atoms with Crippen LogP contribution >= 0.6 is 11.8 Å². The number of ether oxygens (including phenoxy) is 1. The Kier molecular flexibility index (Phi) is 8.45. The van der Waals surface area contributed by atoms with E-state index in [1.54, 1.807) is 17.2 Å². The van der Waals surface area contributed by atoms with Gasteiger partial charge in [0.15, 0.2) is 5.82 Å². The molecule has 5 heterocycles. The zero-order valence-electron chi connectivity index (χ0n) is 24.1. The van der Waals surface area contributed by atoms with Crippen LogP contribution in [0.4, 0.5) is 14.6 Å². The molecular formula is C31H33F2N7O2S. The summed E-state index contributed by atoms with van der Waals surface area (Å²) in [5, 5.41) is 9.87. The normalized spacial score (nSPS) is 20.6. The van der Waals surface area contributed by atoms with Crippen LogP contribution in [0.5, 0.6) is 6.01 Å². The van der Waals surface area contributed by atoms with Crippen molar-refractivity contribution in [3.8, 4) is 23.3 Å². The van der Waals surface area contributed by atoms with Crippen molar-refractivity contribution in [1.29, 1.82) is 5.26 Å². The van der Waals surface area contributed by atoms with E-state index < -0.39 is 11.9 Å². The summed E-state index contributed by atoms with van der Waals surface area (Å²) in [5.74, 6) is 0.100. The Balaban J connectivity index is 1.43. The van der Waals surface area contributed by atoms with Crippen molar-refractivity contribution in [2.75, 3.05) is 50.5 Å². The van der Waals surface area contributed by atoms with Gasteiger partial charge in [0.05, 0.1) is 23.9 Å². The minimum atomic E-state index is -0.627. The molecule has 0 N–H and O–H groups in total. The van der Waals surface area contributed by atoms with E-state index in [1.165, 1.54) is 23.9 Å². The van der Waals surface area contributed by atoms with Crippen molar-refractivity contribution in [3.63, 3.8) is 0 Å². The zero-order chi connectivity index (χ0) is 30.1. The van der Waals surface area contributed by atoms with Crippen LogP contribution in [0.1, 0.15) is 31.2 Å². The number of carbonyl (C=O) groups is 1. The lowest BCUT2D eigenvalue weighted by atomic mass is 10.0. The Labute approximate surface area is 253 Å². The number of pyridine rings is 1. The summed E-state index contributed by atoms with van der Waals surface area (Å²) in [6.45, 7) is 6.00. The van der Waals surface area contributed by atoms with Gasteiger partial charge in [0.1, 0.15) is 29.5 Å². The molecule has 6 rings (SSSR count). The molecule has 2 fully saturated rings. The van der Waals surface area contributed by atoms with Crippen molar-refractivity contribution in [1.82, 2.24) is 24.8 Å². The number of halogens is 2. The third-order valence-electron chi connectivity index (χ3n) is 8.56. The standard InChI is InChI=1S/C31H33F2N7O2S/c1-3-25(41)40-14-13-39(17-19(40)10-11-34)30-23-16-35-27(22-8-9-24(32)21-7-5-15-43-29(21)22)26(33)28(23)36-31(37-30)42-18-20-6-4-12-38(20)2/h3,8-9,16,19-20H,1,4-7,10,12-15,17-18H2,2H3/t19-,20-/m0/s1. The van der Waals surface area contributed by atoms with E-state index >= 15 is 4.39 Å². The fourth-order valence-electron chi connectivity index (χ4n) is 6.22. The van der Waals surface area contributed by atoms with Gasteiger partial charge in [0, 0.05) is 47.9 Å². The molecule has 1 aromatic carbocycles. The summed E-state index contributed by atoms with van der Waals surface area (Å²) in [5.41, 5.74) is 1.30. The third kappa shape index (κ3) is 5.63. The highest BCUT2D eigenvalue weighted by atomic mass is 32.2. The van der Waals surface area contributed by atoms with E-state index in [1.807, 2.05) is 11.9 Å². The van der Waals surface area contributed by atoms with Gasteiger partial charge in [0.2, 0.25) is 5.91 Å². The lowest BCUT2D eigenvalue weighted by molar-refractivity contribution is -0.128. The molecule has 3 aromatic rings. The van der Waals surface area contributed by atoms with Gasteiger partial charge in [-0.05, 0) is 63.2 Å². The number of rotatable bonds is 7. The Hall–Kier alpha value is -3.82. The first kappa shape index (κ1) is 29.3. The van der Waals surface area contributed by atoms with Crippen LogP contribution in [0.15, 0.2) is 35.9 Å². The molecule has 0 saturated carbocycles. The van der Waals surface area contributed by atoms with Crippen LogP contribution in [0, 0.1) is 23.0 Å². The summed E-state index contributed by atoms with van der Waals surface area (Å²) in [7, 11) is 2.05. The molecule has 9 nitrogen and oxygen atoms in total. The van der Waals surface area contributed by atoms with E-state index in [9.17, 15) is 14.4 Å². The highest BCUT2D eigenvalue weighted by molar-refractivity contribution is 7.99. The second-order valence-electron chi connectivity index (χ2n) is 11.2. The summed E-state index contributed by atoms with van der Waals surface area (Å²) in [6.07, 6.45) is 6.45. The summed E-state index contributed by atoms with van der Waals surface area (Å²) >= 11 is 1.52. The minimum absolute atomic E-state index is 0.0517. The predicted octanol–water partition coefficient (Wildman–Crippen LogP) is 4.60. The van der Waals surface area contributed by atoms with Gasteiger partial charge in [-0.25, -0.2) is 8.78 Å². The van der Waals surface area contributed by atoms with Crippen LogP contribution in [-0.2, 0) is 11.2 Å². The second-order valence-corrected chi connectivity index (χ2v) is 12.3. The molecule has 0 bridgehead atoms. The summed E-state index contributed by atoms with van der Waals surface area (Å²) < 4.78 is 37.3. The molecule has 43 heavy (non-hydrogen) atoms. The molecule has 1 amide bonds. The maximum absolute atomic E-state index is 16.5. The molecule has 3 aliphatic heterocycles. The first-order valence-corrected chi connectivity index (χ1v) is 15.6. The number of nitrogens with zero attached hydrogens (tertiary/aromatic N) is 7. The number of fused-ring (bicyclic) bond motifs is 2. The molecule has 0 unspecified atom stereocenters. The SMILES string of the molecule is C=CC(=O)N1CCN(c2nc(OC[C@@H]3CCCN3C)nc3c(F)c(-c4ccc(F)c5c4SCCC5)ncc23)C[C@@H]1CC#N. The quantitative estimate of drug-likeness (QED) is 0.358. The summed E-state index contributed by atoms with van der Waals surface area (Å²) in [6, 6.07) is 4.99. The lowest BCUT2D eigenvalue weighted by Gasteiger charge is -2.41. The molecule has 2 atom stereocenters. The minimum Gasteiger partial charge on any atom is -0.462 e. The number of aromatic nitrogens is 3. The average Bonchev–Trinajstić information content (AvgIpc) is 3.44. The second kappa shape index (κ2) is 12.4. The fourth-order valence-corrected chi connectivity index (χ4v) is 7.41. The Morgan fingerprint density at radius 2 is 2.09 bits per heavy atom. The van der Waals surface area contributed by atoms with E-state index in [4.69, 9.17) is 9.72 Å². The maximum Gasteiger partial charge on any atom is 0.319 e. The van der Waals surface area contributed by atoms with E-state index in [2.05, 4.69) is 27.5 Å².